The van der Waals surface area contributed by atoms with Crippen LogP contribution in [-0.4, -0.2) is 40.4 Å². The lowest BCUT2D eigenvalue weighted by molar-refractivity contribution is -0.135. The fraction of sp³-hybridized carbons (Fsp3) is 0.333. The normalized spacial score (nSPS) is 16.4. The first-order valence-electron chi connectivity index (χ1n) is 8.35. The Hall–Kier alpha value is -2.23. The Bertz CT molecular complexity index is 947. The van der Waals surface area contributed by atoms with Crippen LogP contribution in [0.3, 0.4) is 0 Å². The van der Waals surface area contributed by atoms with Gasteiger partial charge < -0.3 is 10.4 Å². The van der Waals surface area contributed by atoms with Crippen LogP contribution in [0.1, 0.15) is 28.8 Å². The number of hydroxylamine groups is 2. The monoisotopic (exact) mass is 439 g/mol. The van der Waals surface area contributed by atoms with Crippen LogP contribution in [0.25, 0.3) is 0 Å². The number of hydrogen-bond acceptors (Lipinski definition) is 5. The van der Waals surface area contributed by atoms with Gasteiger partial charge in [-0.15, -0.1) is 0 Å². The first kappa shape index (κ1) is 19.5. The number of aliphatic hydroxyl groups is 1. The van der Waals surface area contributed by atoms with Gasteiger partial charge in [0.1, 0.15) is 11.6 Å². The Morgan fingerprint density at radius 1 is 1.37 bits per heavy atom. The standard InChI is InChI=1S/C18H19BrFN3O4/c1-10-9-23(27-6-5-24)18(26)16-12(10)8-15(25)22(2)17(16)21-14-4-3-11(19)7-13(14)20/h3-4,7-8,10,21,24H,5-6,9H2,1-2H3. The molecule has 0 saturated carbocycles. The van der Waals surface area contributed by atoms with E-state index in [1.807, 2.05) is 6.92 Å². The second-order valence-electron chi connectivity index (χ2n) is 6.29. The van der Waals surface area contributed by atoms with E-state index in [0.717, 1.165) is 5.06 Å². The van der Waals surface area contributed by atoms with Crippen molar-refractivity contribution in [3.05, 3.63) is 56.0 Å². The van der Waals surface area contributed by atoms with Gasteiger partial charge in [-0.1, -0.05) is 22.9 Å². The maximum absolute atomic E-state index is 14.3. The molecular formula is C18H19BrFN3O4. The minimum atomic E-state index is -0.529. The molecule has 1 amide bonds. The second-order valence-corrected chi connectivity index (χ2v) is 7.21. The average molecular weight is 440 g/mol. The Morgan fingerprint density at radius 2 is 2.11 bits per heavy atom. The van der Waals surface area contributed by atoms with Crippen LogP contribution >= 0.6 is 15.9 Å². The van der Waals surface area contributed by atoms with Gasteiger partial charge in [-0.3, -0.25) is 19.0 Å². The number of pyridine rings is 1. The number of hydrogen-bond donors (Lipinski definition) is 2. The molecule has 3 rings (SSSR count). The fourth-order valence-electron chi connectivity index (χ4n) is 3.01. The predicted molar refractivity (Wildman–Crippen MR) is 102 cm³/mol. The number of anilines is 2. The van der Waals surface area contributed by atoms with Crippen LogP contribution in [0.5, 0.6) is 0 Å². The van der Waals surface area contributed by atoms with Crippen molar-refractivity contribution >= 4 is 33.3 Å². The van der Waals surface area contributed by atoms with Crippen LogP contribution in [0, 0.1) is 5.82 Å². The maximum Gasteiger partial charge on any atom is 0.281 e. The molecular weight excluding hydrogens is 421 g/mol. The van der Waals surface area contributed by atoms with Gasteiger partial charge in [0.25, 0.3) is 11.5 Å². The number of amides is 1. The molecule has 7 nitrogen and oxygen atoms in total. The summed E-state index contributed by atoms with van der Waals surface area (Å²) in [7, 11) is 1.51. The number of nitrogens with one attached hydrogen (secondary N) is 1. The number of carbonyl (C=O) groups excluding carboxylic acids is 1. The minimum Gasteiger partial charge on any atom is -0.394 e. The van der Waals surface area contributed by atoms with Crippen LogP contribution in [0.15, 0.2) is 33.5 Å². The molecule has 1 aromatic carbocycles. The van der Waals surface area contributed by atoms with Crippen molar-refractivity contribution in [3.63, 3.8) is 0 Å². The maximum atomic E-state index is 14.3. The number of fused-ring (bicyclic) bond motifs is 1. The SMILES string of the molecule is CC1CN(OCCO)C(=O)c2c1cc(=O)n(C)c2Nc1ccc(Br)cc1F. The van der Waals surface area contributed by atoms with Crippen molar-refractivity contribution in [2.75, 3.05) is 25.1 Å². The Labute approximate surface area is 163 Å². The van der Waals surface area contributed by atoms with E-state index in [0.29, 0.717) is 10.0 Å². The zero-order chi connectivity index (χ0) is 19.7. The zero-order valence-corrected chi connectivity index (χ0v) is 16.4. The molecule has 9 heteroatoms. The van der Waals surface area contributed by atoms with Gasteiger partial charge in [0, 0.05) is 23.5 Å². The number of aromatic nitrogens is 1. The van der Waals surface area contributed by atoms with E-state index in [1.165, 1.54) is 29.8 Å². The highest BCUT2D eigenvalue weighted by Crippen LogP contribution is 2.33. The Balaban J connectivity index is 2.11. The van der Waals surface area contributed by atoms with Crippen LogP contribution in [0.2, 0.25) is 0 Å². The van der Waals surface area contributed by atoms with Crippen LogP contribution < -0.4 is 10.9 Å². The first-order chi connectivity index (χ1) is 12.8. The molecule has 0 bridgehead atoms. The molecule has 0 radical (unpaired) electrons. The molecule has 1 atom stereocenters. The number of benzene rings is 1. The summed E-state index contributed by atoms with van der Waals surface area (Å²) in [6.45, 7) is 1.87. The lowest BCUT2D eigenvalue weighted by Gasteiger charge is -2.33. The summed E-state index contributed by atoms with van der Waals surface area (Å²) in [5, 5.41) is 13.0. The molecule has 2 N–H and O–H groups in total. The molecule has 2 heterocycles. The number of aliphatic hydroxyl groups excluding tert-OH is 1. The predicted octanol–water partition coefficient (Wildman–Crippen LogP) is 2.51. The Kier molecular flexibility index (Phi) is 5.64. The van der Waals surface area contributed by atoms with E-state index in [1.54, 1.807) is 6.07 Å². The summed E-state index contributed by atoms with van der Waals surface area (Å²) in [5.41, 5.74) is 0.650. The van der Waals surface area contributed by atoms with E-state index in [9.17, 15) is 14.0 Å². The molecule has 1 aliphatic heterocycles. The van der Waals surface area contributed by atoms with Gasteiger partial charge in [-0.2, -0.15) is 0 Å². The van der Waals surface area contributed by atoms with E-state index in [-0.39, 0.29) is 48.3 Å². The number of rotatable bonds is 5. The highest BCUT2D eigenvalue weighted by molar-refractivity contribution is 9.10. The third-order valence-corrected chi connectivity index (χ3v) is 4.90. The number of carbonyl (C=O) groups is 1. The highest BCUT2D eigenvalue weighted by Gasteiger charge is 2.34. The molecule has 0 saturated heterocycles. The third-order valence-electron chi connectivity index (χ3n) is 4.40. The van der Waals surface area contributed by atoms with Gasteiger partial charge >= 0.3 is 0 Å². The summed E-state index contributed by atoms with van der Waals surface area (Å²) in [5.74, 6) is -0.959. The van der Waals surface area contributed by atoms with E-state index in [2.05, 4.69) is 21.2 Å². The smallest absolute Gasteiger partial charge is 0.281 e. The van der Waals surface area contributed by atoms with Crippen molar-refractivity contribution in [1.29, 1.82) is 0 Å². The van der Waals surface area contributed by atoms with E-state index >= 15 is 0 Å². The largest absolute Gasteiger partial charge is 0.394 e. The zero-order valence-electron chi connectivity index (χ0n) is 14.8. The average Bonchev–Trinajstić information content (AvgIpc) is 2.62. The summed E-state index contributed by atoms with van der Waals surface area (Å²) in [4.78, 5) is 30.6. The molecule has 1 unspecified atom stereocenters. The fourth-order valence-corrected chi connectivity index (χ4v) is 3.35. The van der Waals surface area contributed by atoms with Crippen molar-refractivity contribution < 1.29 is 19.1 Å². The molecule has 0 fully saturated rings. The molecule has 2 aromatic rings. The highest BCUT2D eigenvalue weighted by atomic mass is 79.9. The van der Waals surface area contributed by atoms with Gasteiger partial charge in [-0.25, -0.2) is 9.45 Å². The van der Waals surface area contributed by atoms with E-state index in [4.69, 9.17) is 9.94 Å². The molecule has 0 spiro atoms. The van der Waals surface area contributed by atoms with Gasteiger partial charge in [-0.05, 0) is 23.8 Å². The van der Waals surface area contributed by atoms with Crippen LogP contribution in [-0.2, 0) is 11.9 Å². The molecule has 1 aromatic heterocycles. The lowest BCUT2D eigenvalue weighted by atomic mass is 9.92. The van der Waals surface area contributed by atoms with Crippen LogP contribution in [0.4, 0.5) is 15.9 Å². The molecule has 27 heavy (non-hydrogen) atoms. The van der Waals surface area contributed by atoms with Gasteiger partial charge in [0.15, 0.2) is 0 Å². The lowest BCUT2D eigenvalue weighted by Crippen LogP contribution is -2.42. The van der Waals surface area contributed by atoms with E-state index < -0.39 is 11.7 Å². The third kappa shape index (κ3) is 3.76. The van der Waals surface area contributed by atoms with Crippen molar-refractivity contribution in [3.8, 4) is 0 Å². The van der Waals surface area contributed by atoms with Crippen molar-refractivity contribution in [2.24, 2.45) is 7.05 Å². The minimum absolute atomic E-state index is 0.0241. The van der Waals surface area contributed by atoms with Gasteiger partial charge in [0.05, 0.1) is 31.0 Å². The van der Waals surface area contributed by atoms with Crippen molar-refractivity contribution in [2.45, 2.75) is 12.8 Å². The van der Waals surface area contributed by atoms with Crippen molar-refractivity contribution in [1.82, 2.24) is 9.63 Å². The summed E-state index contributed by atoms with van der Waals surface area (Å²) >= 11 is 3.20. The van der Waals surface area contributed by atoms with Gasteiger partial charge in [0.2, 0.25) is 0 Å². The molecule has 144 valence electrons. The summed E-state index contributed by atoms with van der Waals surface area (Å²) < 4.78 is 16.1. The quantitative estimate of drug-likeness (QED) is 0.747. The summed E-state index contributed by atoms with van der Waals surface area (Å²) in [6, 6.07) is 5.88. The topological polar surface area (TPSA) is 83.8 Å². The number of halogens is 2. The second kappa shape index (κ2) is 7.79. The summed E-state index contributed by atoms with van der Waals surface area (Å²) in [6.07, 6.45) is 0. The Morgan fingerprint density at radius 3 is 2.78 bits per heavy atom. The first-order valence-corrected chi connectivity index (χ1v) is 9.14. The molecule has 0 aliphatic carbocycles. The molecule has 1 aliphatic rings. The number of nitrogens with zero attached hydrogens (tertiary/aromatic N) is 2.